The van der Waals surface area contributed by atoms with Gasteiger partial charge in [-0.1, -0.05) is 6.07 Å². The predicted molar refractivity (Wildman–Crippen MR) is 85.1 cm³/mol. The number of nitrogens with one attached hydrogen (secondary N) is 1. The second-order valence-corrected chi connectivity index (χ2v) is 6.65. The van der Waals surface area contributed by atoms with Crippen LogP contribution in [0.15, 0.2) is 18.2 Å². The zero-order chi connectivity index (χ0) is 15.0. The molecule has 0 spiro atoms. The highest BCUT2D eigenvalue weighted by atomic mass is 16.5. The lowest BCUT2D eigenvalue weighted by Crippen LogP contribution is -2.45. The lowest BCUT2D eigenvalue weighted by atomic mass is 9.81. The van der Waals surface area contributed by atoms with Crippen LogP contribution in [0.1, 0.15) is 42.9 Å². The summed E-state index contributed by atoms with van der Waals surface area (Å²) in [5.74, 6) is 7.46. The van der Waals surface area contributed by atoms with Crippen molar-refractivity contribution in [3.8, 4) is 5.75 Å². The molecule has 2 bridgehead atoms. The van der Waals surface area contributed by atoms with Crippen molar-refractivity contribution >= 4 is 0 Å². The quantitative estimate of drug-likeness (QED) is 0.660. The number of ether oxygens (including phenoxy) is 1. The molecule has 2 aliphatic heterocycles. The van der Waals surface area contributed by atoms with E-state index in [1.54, 1.807) is 7.11 Å². The van der Waals surface area contributed by atoms with Gasteiger partial charge in [0.1, 0.15) is 5.75 Å². The number of methoxy groups -OCH3 is 1. The Bertz CT molecular complexity index is 491. The fourth-order valence-corrected chi connectivity index (χ4v) is 4.33. The fourth-order valence-electron chi connectivity index (χ4n) is 4.33. The third kappa shape index (κ3) is 2.68. The average molecular weight is 289 g/mol. The summed E-state index contributed by atoms with van der Waals surface area (Å²) in [5, 5.41) is 0. The summed E-state index contributed by atoms with van der Waals surface area (Å²) in [7, 11) is 3.99. The Morgan fingerprint density at radius 3 is 2.48 bits per heavy atom. The molecule has 2 heterocycles. The maximum Gasteiger partial charge on any atom is 0.119 e. The molecular formula is C17H27N3O. The second-order valence-electron chi connectivity index (χ2n) is 6.65. The van der Waals surface area contributed by atoms with Gasteiger partial charge >= 0.3 is 0 Å². The molecule has 0 aliphatic carbocycles. The van der Waals surface area contributed by atoms with Crippen LogP contribution in [0.3, 0.4) is 0 Å². The minimum absolute atomic E-state index is 0.243. The number of fused-ring (bicyclic) bond motifs is 2. The molecule has 2 saturated heterocycles. The molecule has 2 fully saturated rings. The second kappa shape index (κ2) is 5.95. The van der Waals surface area contributed by atoms with Crippen molar-refractivity contribution in [3.63, 3.8) is 0 Å². The molecule has 1 aromatic rings. The first-order valence-electron chi connectivity index (χ1n) is 7.96. The number of nitrogens with two attached hydrogens (primary N) is 1. The van der Waals surface area contributed by atoms with Crippen LogP contribution in [-0.4, -0.2) is 31.1 Å². The number of hydrazine groups is 1. The fraction of sp³-hybridized carbons (Fsp3) is 0.647. The summed E-state index contributed by atoms with van der Waals surface area (Å²) in [4.78, 5) is 2.57. The first-order valence-corrected chi connectivity index (χ1v) is 7.96. The van der Waals surface area contributed by atoms with Gasteiger partial charge < -0.3 is 9.64 Å². The molecule has 3 unspecified atom stereocenters. The summed E-state index contributed by atoms with van der Waals surface area (Å²) in [6.45, 7) is 2.14. The molecular weight excluding hydrogens is 262 g/mol. The first-order chi connectivity index (χ1) is 10.1. The topological polar surface area (TPSA) is 50.5 Å². The standard InChI is InChI=1S/C17H27N3O/c1-11-8-15(21-3)6-7-16(11)17(19-18)12-9-13-4-5-14(10-12)20(13)2/h6-8,12-14,17,19H,4-5,9-10,18H2,1-3H3. The van der Waals surface area contributed by atoms with Gasteiger partial charge in [-0.2, -0.15) is 0 Å². The molecule has 0 radical (unpaired) electrons. The third-order valence-electron chi connectivity index (χ3n) is 5.60. The number of rotatable bonds is 4. The Kier molecular flexibility index (Phi) is 4.20. The van der Waals surface area contributed by atoms with E-state index in [4.69, 9.17) is 10.6 Å². The number of nitrogens with zero attached hydrogens (tertiary/aromatic N) is 1. The van der Waals surface area contributed by atoms with E-state index in [9.17, 15) is 0 Å². The zero-order valence-electron chi connectivity index (χ0n) is 13.3. The van der Waals surface area contributed by atoms with Crippen LogP contribution in [0, 0.1) is 12.8 Å². The van der Waals surface area contributed by atoms with E-state index in [1.165, 1.54) is 36.8 Å². The smallest absolute Gasteiger partial charge is 0.119 e. The molecule has 0 amide bonds. The molecule has 3 atom stereocenters. The third-order valence-corrected chi connectivity index (χ3v) is 5.60. The Balaban J connectivity index is 1.82. The van der Waals surface area contributed by atoms with Gasteiger partial charge in [0.05, 0.1) is 7.11 Å². The van der Waals surface area contributed by atoms with Crippen LogP contribution in [0.2, 0.25) is 0 Å². The molecule has 3 N–H and O–H groups in total. The average Bonchev–Trinajstić information content (AvgIpc) is 2.71. The lowest BCUT2D eigenvalue weighted by molar-refractivity contribution is 0.112. The monoisotopic (exact) mass is 289 g/mol. The minimum Gasteiger partial charge on any atom is -0.497 e. The van der Waals surface area contributed by atoms with Crippen molar-refractivity contribution in [1.29, 1.82) is 0 Å². The molecule has 0 aromatic heterocycles. The van der Waals surface area contributed by atoms with Gasteiger partial charge in [0.25, 0.3) is 0 Å². The molecule has 21 heavy (non-hydrogen) atoms. The highest BCUT2D eigenvalue weighted by Gasteiger charge is 2.41. The van der Waals surface area contributed by atoms with Crippen molar-refractivity contribution < 1.29 is 4.74 Å². The van der Waals surface area contributed by atoms with E-state index in [0.717, 1.165) is 17.8 Å². The highest BCUT2D eigenvalue weighted by Crippen LogP contribution is 2.43. The normalized spacial score (nSPS) is 30.4. The Hall–Kier alpha value is -1.10. The van der Waals surface area contributed by atoms with Gasteiger partial charge in [0, 0.05) is 18.1 Å². The van der Waals surface area contributed by atoms with E-state index in [-0.39, 0.29) is 6.04 Å². The SMILES string of the molecule is COc1ccc(C(NN)C2CC3CCC(C2)N3C)c(C)c1. The number of hydrogen-bond acceptors (Lipinski definition) is 4. The van der Waals surface area contributed by atoms with E-state index < -0.39 is 0 Å². The van der Waals surface area contributed by atoms with Crippen molar-refractivity contribution in [2.24, 2.45) is 11.8 Å². The molecule has 116 valence electrons. The predicted octanol–water partition coefficient (Wildman–Crippen LogP) is 2.38. The van der Waals surface area contributed by atoms with E-state index in [0.29, 0.717) is 5.92 Å². The lowest BCUT2D eigenvalue weighted by Gasteiger charge is -2.40. The van der Waals surface area contributed by atoms with Gasteiger partial charge in [-0.25, -0.2) is 0 Å². The summed E-state index contributed by atoms with van der Waals surface area (Å²) in [6, 6.07) is 8.03. The Morgan fingerprint density at radius 1 is 1.29 bits per heavy atom. The Labute approximate surface area is 127 Å². The number of hydrogen-bond donors (Lipinski definition) is 2. The van der Waals surface area contributed by atoms with Gasteiger partial charge in [-0.05, 0) is 68.8 Å². The summed E-state index contributed by atoms with van der Waals surface area (Å²) in [6.07, 6.45) is 5.17. The van der Waals surface area contributed by atoms with Crippen LogP contribution in [0.25, 0.3) is 0 Å². The summed E-state index contributed by atoms with van der Waals surface area (Å²) >= 11 is 0. The molecule has 3 rings (SSSR count). The number of benzene rings is 1. The zero-order valence-corrected chi connectivity index (χ0v) is 13.3. The van der Waals surface area contributed by atoms with E-state index in [1.807, 2.05) is 6.07 Å². The van der Waals surface area contributed by atoms with Crippen molar-refractivity contribution in [3.05, 3.63) is 29.3 Å². The van der Waals surface area contributed by atoms with Crippen molar-refractivity contribution in [1.82, 2.24) is 10.3 Å². The summed E-state index contributed by atoms with van der Waals surface area (Å²) in [5.41, 5.74) is 5.66. The largest absolute Gasteiger partial charge is 0.497 e. The van der Waals surface area contributed by atoms with Crippen LogP contribution in [0.5, 0.6) is 5.75 Å². The summed E-state index contributed by atoms with van der Waals surface area (Å²) < 4.78 is 5.31. The van der Waals surface area contributed by atoms with Gasteiger partial charge in [0.15, 0.2) is 0 Å². The molecule has 4 heteroatoms. The highest BCUT2D eigenvalue weighted by molar-refractivity contribution is 5.37. The number of piperidine rings is 1. The van der Waals surface area contributed by atoms with Gasteiger partial charge in [-0.3, -0.25) is 11.3 Å². The van der Waals surface area contributed by atoms with Gasteiger partial charge in [0.2, 0.25) is 0 Å². The Morgan fingerprint density at radius 2 is 1.95 bits per heavy atom. The van der Waals surface area contributed by atoms with Crippen LogP contribution in [-0.2, 0) is 0 Å². The maximum atomic E-state index is 5.93. The van der Waals surface area contributed by atoms with Crippen molar-refractivity contribution in [2.75, 3.05) is 14.2 Å². The molecule has 2 aliphatic rings. The van der Waals surface area contributed by atoms with E-state index in [2.05, 4.69) is 36.4 Å². The molecule has 0 saturated carbocycles. The van der Waals surface area contributed by atoms with Gasteiger partial charge in [-0.15, -0.1) is 0 Å². The van der Waals surface area contributed by atoms with Crippen molar-refractivity contribution in [2.45, 2.75) is 50.7 Å². The molecule has 4 nitrogen and oxygen atoms in total. The minimum atomic E-state index is 0.243. The van der Waals surface area contributed by atoms with E-state index >= 15 is 0 Å². The maximum absolute atomic E-state index is 5.93. The van der Waals surface area contributed by atoms with Crippen LogP contribution in [0.4, 0.5) is 0 Å². The first kappa shape index (κ1) is 14.8. The number of aryl methyl sites for hydroxylation is 1. The molecule has 1 aromatic carbocycles. The van der Waals surface area contributed by atoms with Crippen LogP contribution >= 0.6 is 0 Å². The van der Waals surface area contributed by atoms with Crippen LogP contribution < -0.4 is 16.0 Å².